The number of ketones is 1. The number of carbonyl (C=O) groups is 1. The number of benzene rings is 1. The molecule has 3 nitrogen and oxygen atoms in total. The molecule has 0 amide bonds. The summed E-state index contributed by atoms with van der Waals surface area (Å²) in [6.45, 7) is 3.95. The summed E-state index contributed by atoms with van der Waals surface area (Å²) in [5, 5.41) is 9.24. The van der Waals surface area contributed by atoms with Crippen molar-refractivity contribution in [2.75, 3.05) is 7.11 Å². The first-order valence-corrected chi connectivity index (χ1v) is 6.15. The predicted molar refractivity (Wildman–Crippen MR) is 68.7 cm³/mol. The quantitative estimate of drug-likeness (QED) is 0.766. The first-order valence-electron chi connectivity index (χ1n) is 6.15. The normalized spacial score (nSPS) is 16.6. The van der Waals surface area contributed by atoms with Crippen LogP contribution in [0, 0.1) is 30.6 Å². The van der Waals surface area contributed by atoms with Gasteiger partial charge in [0.25, 0.3) is 0 Å². The molecule has 1 saturated carbocycles. The molecule has 94 valence electrons. The minimum Gasteiger partial charge on any atom is -0.496 e. The molecule has 0 aliphatic heterocycles. The average Bonchev–Trinajstić information content (AvgIpc) is 2.31. The molecule has 0 heterocycles. The molecule has 0 aromatic heterocycles. The first-order chi connectivity index (χ1) is 8.54. The number of rotatable bonds is 3. The van der Waals surface area contributed by atoms with Crippen molar-refractivity contribution < 1.29 is 9.53 Å². The van der Waals surface area contributed by atoms with Crippen molar-refractivity contribution in [3.63, 3.8) is 0 Å². The average molecular weight is 243 g/mol. The highest BCUT2D eigenvalue weighted by atomic mass is 16.5. The van der Waals surface area contributed by atoms with E-state index in [-0.39, 0.29) is 5.78 Å². The first kappa shape index (κ1) is 12.6. The lowest BCUT2D eigenvalue weighted by atomic mass is 9.65. The number of Topliss-reactive ketones (excluding diaryl/α,β-unsaturated/α-hetero) is 1. The Morgan fingerprint density at radius 3 is 2.39 bits per heavy atom. The van der Waals surface area contributed by atoms with Crippen molar-refractivity contribution in [3.05, 3.63) is 28.8 Å². The highest BCUT2D eigenvalue weighted by Gasteiger charge is 2.45. The highest BCUT2D eigenvalue weighted by Crippen LogP contribution is 2.44. The van der Waals surface area contributed by atoms with Gasteiger partial charge in [0.05, 0.1) is 18.7 Å². The minimum absolute atomic E-state index is 0.0869. The van der Waals surface area contributed by atoms with Crippen molar-refractivity contribution in [3.8, 4) is 11.8 Å². The number of methoxy groups -OCH3 is 1. The molecule has 18 heavy (non-hydrogen) atoms. The Hall–Kier alpha value is -1.82. The molecule has 0 unspecified atom stereocenters. The predicted octanol–water partition coefficient (Wildman–Crippen LogP) is 3.19. The zero-order chi connectivity index (χ0) is 13.3. The number of aryl methyl sites for hydroxylation is 2. The third-order valence-electron chi connectivity index (χ3n) is 3.92. The van der Waals surface area contributed by atoms with Gasteiger partial charge in [-0.2, -0.15) is 5.26 Å². The van der Waals surface area contributed by atoms with Crippen LogP contribution in [-0.4, -0.2) is 12.9 Å². The lowest BCUT2D eigenvalue weighted by Crippen LogP contribution is -2.36. The third-order valence-corrected chi connectivity index (χ3v) is 3.92. The summed E-state index contributed by atoms with van der Waals surface area (Å²) < 4.78 is 5.28. The van der Waals surface area contributed by atoms with E-state index >= 15 is 0 Å². The van der Waals surface area contributed by atoms with Crippen LogP contribution in [0.25, 0.3) is 0 Å². The summed E-state index contributed by atoms with van der Waals surface area (Å²) in [4.78, 5) is 12.5. The zero-order valence-corrected chi connectivity index (χ0v) is 11.0. The van der Waals surface area contributed by atoms with E-state index in [4.69, 9.17) is 4.74 Å². The zero-order valence-electron chi connectivity index (χ0n) is 11.0. The van der Waals surface area contributed by atoms with E-state index in [1.165, 1.54) is 0 Å². The molecule has 1 aliphatic rings. The Morgan fingerprint density at radius 2 is 1.94 bits per heavy atom. The molecule has 0 N–H and O–H groups in total. The fourth-order valence-corrected chi connectivity index (χ4v) is 2.31. The molecule has 0 radical (unpaired) electrons. The van der Waals surface area contributed by atoms with E-state index in [2.05, 4.69) is 6.07 Å². The number of hydrogen-bond donors (Lipinski definition) is 0. The lowest BCUT2D eigenvalue weighted by Gasteiger charge is -2.33. The summed E-state index contributed by atoms with van der Waals surface area (Å²) in [6.07, 6.45) is 2.28. The fraction of sp³-hybridized carbons (Fsp3) is 0.467. The number of carbonyl (C=O) groups excluding carboxylic acids is 1. The molecule has 0 spiro atoms. The SMILES string of the molecule is COc1cc(C)c(C)cc1C(=O)C1(C#N)CCC1. The Balaban J connectivity index is 2.48. The van der Waals surface area contributed by atoms with Crippen LogP contribution in [-0.2, 0) is 0 Å². The fourth-order valence-electron chi connectivity index (χ4n) is 2.31. The summed E-state index contributed by atoms with van der Waals surface area (Å²) >= 11 is 0. The monoisotopic (exact) mass is 243 g/mol. The Labute approximate surface area is 107 Å². The van der Waals surface area contributed by atoms with E-state index in [1.807, 2.05) is 26.0 Å². The number of nitriles is 1. The molecule has 1 aromatic rings. The van der Waals surface area contributed by atoms with Gasteiger partial charge in [-0.25, -0.2) is 0 Å². The summed E-state index contributed by atoms with van der Waals surface area (Å²) in [7, 11) is 1.56. The van der Waals surface area contributed by atoms with Gasteiger partial charge in [-0.05, 0) is 56.4 Å². The molecule has 0 bridgehead atoms. The number of ether oxygens (including phenoxy) is 1. The van der Waals surface area contributed by atoms with E-state index in [0.717, 1.165) is 17.5 Å². The highest BCUT2D eigenvalue weighted by molar-refractivity contribution is 6.05. The molecular weight excluding hydrogens is 226 g/mol. The van der Waals surface area contributed by atoms with Crippen LogP contribution in [0.15, 0.2) is 12.1 Å². The van der Waals surface area contributed by atoms with Crippen molar-refractivity contribution in [2.45, 2.75) is 33.1 Å². The minimum atomic E-state index is -0.811. The smallest absolute Gasteiger partial charge is 0.186 e. The molecule has 2 rings (SSSR count). The maximum atomic E-state index is 12.5. The topological polar surface area (TPSA) is 50.1 Å². The van der Waals surface area contributed by atoms with E-state index in [0.29, 0.717) is 24.2 Å². The maximum Gasteiger partial charge on any atom is 0.186 e. The molecule has 1 aliphatic carbocycles. The van der Waals surface area contributed by atoms with Gasteiger partial charge in [-0.1, -0.05) is 0 Å². The van der Waals surface area contributed by atoms with Gasteiger partial charge in [-0.15, -0.1) is 0 Å². The largest absolute Gasteiger partial charge is 0.496 e. The second-order valence-corrected chi connectivity index (χ2v) is 5.01. The molecular formula is C15H17NO2. The second kappa shape index (κ2) is 4.45. The Kier molecular flexibility index (Phi) is 3.13. The second-order valence-electron chi connectivity index (χ2n) is 5.01. The van der Waals surface area contributed by atoms with Gasteiger partial charge in [0.2, 0.25) is 0 Å². The van der Waals surface area contributed by atoms with Crippen molar-refractivity contribution >= 4 is 5.78 Å². The number of hydrogen-bond acceptors (Lipinski definition) is 3. The van der Waals surface area contributed by atoms with Crippen LogP contribution in [0.4, 0.5) is 0 Å². The Bertz CT molecular complexity index is 536. The van der Waals surface area contributed by atoms with Crippen LogP contribution in [0.3, 0.4) is 0 Å². The van der Waals surface area contributed by atoms with Gasteiger partial charge in [-0.3, -0.25) is 4.79 Å². The Morgan fingerprint density at radius 1 is 1.33 bits per heavy atom. The van der Waals surface area contributed by atoms with Gasteiger partial charge >= 0.3 is 0 Å². The summed E-state index contributed by atoms with van der Waals surface area (Å²) in [5.41, 5.74) is 1.87. The molecule has 0 atom stereocenters. The van der Waals surface area contributed by atoms with Crippen LogP contribution in [0.2, 0.25) is 0 Å². The third kappa shape index (κ3) is 1.78. The van der Waals surface area contributed by atoms with E-state index < -0.39 is 5.41 Å². The number of nitrogens with zero attached hydrogens (tertiary/aromatic N) is 1. The summed E-state index contributed by atoms with van der Waals surface area (Å²) in [5.74, 6) is 0.487. The van der Waals surface area contributed by atoms with Gasteiger partial charge in [0.1, 0.15) is 11.2 Å². The van der Waals surface area contributed by atoms with Crippen molar-refractivity contribution in [1.82, 2.24) is 0 Å². The molecule has 1 aromatic carbocycles. The van der Waals surface area contributed by atoms with Gasteiger partial charge in [0.15, 0.2) is 5.78 Å². The van der Waals surface area contributed by atoms with Crippen molar-refractivity contribution in [1.29, 1.82) is 5.26 Å². The van der Waals surface area contributed by atoms with Crippen LogP contribution >= 0.6 is 0 Å². The van der Waals surface area contributed by atoms with Crippen LogP contribution in [0.1, 0.15) is 40.7 Å². The molecule has 0 saturated heterocycles. The maximum absolute atomic E-state index is 12.5. The summed E-state index contributed by atoms with van der Waals surface area (Å²) in [6, 6.07) is 5.90. The van der Waals surface area contributed by atoms with E-state index in [9.17, 15) is 10.1 Å². The van der Waals surface area contributed by atoms with Gasteiger partial charge < -0.3 is 4.74 Å². The van der Waals surface area contributed by atoms with Crippen LogP contribution in [0.5, 0.6) is 5.75 Å². The van der Waals surface area contributed by atoms with Crippen molar-refractivity contribution in [2.24, 2.45) is 5.41 Å². The van der Waals surface area contributed by atoms with Gasteiger partial charge in [0, 0.05) is 0 Å². The van der Waals surface area contributed by atoms with Crippen LogP contribution < -0.4 is 4.74 Å². The van der Waals surface area contributed by atoms with E-state index in [1.54, 1.807) is 7.11 Å². The lowest BCUT2D eigenvalue weighted by molar-refractivity contribution is 0.0745. The molecule has 1 fully saturated rings. The molecule has 3 heteroatoms. The standard InChI is InChI=1S/C15H17NO2/c1-10-7-12(13(18-3)8-11(10)2)14(17)15(9-16)5-4-6-15/h7-8H,4-6H2,1-3H3.